The van der Waals surface area contributed by atoms with Gasteiger partial charge in [0.2, 0.25) is 0 Å². The molecule has 106 valence electrons. The van der Waals surface area contributed by atoms with E-state index in [-0.39, 0.29) is 6.10 Å². The van der Waals surface area contributed by atoms with Crippen molar-refractivity contribution in [3.8, 4) is 0 Å². The number of β-amino-alcohol motifs (C(OH)–C–C–N with tert-alkyl or cyclic N) is 1. The van der Waals surface area contributed by atoms with Crippen LogP contribution in [0.3, 0.4) is 0 Å². The number of aromatic nitrogens is 1. The van der Waals surface area contributed by atoms with Crippen LogP contribution in [0.25, 0.3) is 0 Å². The maximum Gasteiger partial charge on any atom is 0.0972 e. The van der Waals surface area contributed by atoms with Crippen molar-refractivity contribution in [3.05, 3.63) is 52.0 Å². The van der Waals surface area contributed by atoms with Crippen molar-refractivity contribution in [2.75, 3.05) is 13.1 Å². The molecule has 0 radical (unpaired) electrons. The summed E-state index contributed by atoms with van der Waals surface area (Å²) in [6.07, 6.45) is 2.77. The van der Waals surface area contributed by atoms with Gasteiger partial charge in [-0.05, 0) is 24.9 Å². The van der Waals surface area contributed by atoms with Crippen LogP contribution in [-0.4, -0.2) is 34.2 Å². The van der Waals surface area contributed by atoms with Gasteiger partial charge in [0.05, 0.1) is 16.8 Å². The summed E-state index contributed by atoms with van der Waals surface area (Å²) in [4.78, 5) is 7.02. The van der Waals surface area contributed by atoms with E-state index < -0.39 is 0 Å². The Hall–Kier alpha value is -1.23. The third-order valence-electron chi connectivity index (χ3n) is 3.66. The number of hydrogen-bond acceptors (Lipinski definition) is 4. The second-order valence-electron chi connectivity index (χ2n) is 5.43. The van der Waals surface area contributed by atoms with Gasteiger partial charge in [-0.15, -0.1) is 11.3 Å². The molecule has 1 aromatic carbocycles. The Balaban J connectivity index is 1.59. The van der Waals surface area contributed by atoms with E-state index in [2.05, 4.69) is 34.5 Å². The minimum atomic E-state index is -0.161. The average Bonchev–Trinajstić information content (AvgIpc) is 2.87. The maximum absolute atomic E-state index is 9.70. The zero-order chi connectivity index (χ0) is 13.8. The second kappa shape index (κ2) is 6.48. The number of aliphatic hydroxyl groups is 1. The number of likely N-dealkylation sites (tertiary alicyclic amines) is 1. The summed E-state index contributed by atoms with van der Waals surface area (Å²) in [6.45, 7) is 2.72. The summed E-state index contributed by atoms with van der Waals surface area (Å²) in [5, 5.41) is 13.0. The van der Waals surface area contributed by atoms with Gasteiger partial charge < -0.3 is 5.11 Å². The van der Waals surface area contributed by atoms with E-state index >= 15 is 0 Å². The highest BCUT2D eigenvalue weighted by atomic mass is 32.1. The number of aliphatic hydroxyl groups excluding tert-OH is 1. The van der Waals surface area contributed by atoms with Gasteiger partial charge in [0, 0.05) is 24.9 Å². The first-order valence-electron chi connectivity index (χ1n) is 7.17. The molecule has 1 aromatic heterocycles. The fourth-order valence-corrected chi connectivity index (χ4v) is 3.50. The monoisotopic (exact) mass is 288 g/mol. The van der Waals surface area contributed by atoms with Crippen LogP contribution in [0, 0.1) is 0 Å². The molecular weight excluding hydrogens is 268 g/mol. The molecule has 4 heteroatoms. The van der Waals surface area contributed by atoms with Crippen molar-refractivity contribution >= 4 is 11.3 Å². The van der Waals surface area contributed by atoms with Gasteiger partial charge in [0.1, 0.15) is 0 Å². The molecule has 1 unspecified atom stereocenters. The fourth-order valence-electron chi connectivity index (χ4n) is 2.68. The lowest BCUT2D eigenvalue weighted by Gasteiger charge is -2.29. The van der Waals surface area contributed by atoms with Crippen molar-refractivity contribution in [2.24, 2.45) is 0 Å². The lowest BCUT2D eigenvalue weighted by Crippen LogP contribution is -2.37. The Bertz CT molecular complexity index is 540. The molecule has 1 aliphatic heterocycles. The summed E-state index contributed by atoms with van der Waals surface area (Å²) in [6, 6.07) is 10.5. The standard InChI is InChI=1S/C16H20N2OS/c19-15-7-4-8-18(11-15)10-14-12-20-16(17-14)9-13-5-2-1-3-6-13/h1-3,5-6,12,15,19H,4,7-11H2. The van der Waals surface area contributed by atoms with Crippen LogP contribution in [0.4, 0.5) is 0 Å². The average molecular weight is 288 g/mol. The molecular formula is C16H20N2OS. The maximum atomic E-state index is 9.70. The Morgan fingerprint density at radius 3 is 2.95 bits per heavy atom. The van der Waals surface area contributed by atoms with E-state index in [1.165, 1.54) is 10.6 Å². The van der Waals surface area contributed by atoms with Gasteiger partial charge in [-0.1, -0.05) is 30.3 Å². The van der Waals surface area contributed by atoms with E-state index in [1.807, 2.05) is 6.07 Å². The van der Waals surface area contributed by atoms with Crippen molar-refractivity contribution in [1.82, 2.24) is 9.88 Å². The SMILES string of the molecule is OC1CCCN(Cc2csc(Cc3ccccc3)n2)C1. The molecule has 0 amide bonds. The predicted molar refractivity (Wildman–Crippen MR) is 81.9 cm³/mol. The van der Waals surface area contributed by atoms with Gasteiger partial charge in [0.15, 0.2) is 0 Å². The second-order valence-corrected chi connectivity index (χ2v) is 6.37. The van der Waals surface area contributed by atoms with Crippen LogP contribution in [0.1, 0.15) is 29.1 Å². The van der Waals surface area contributed by atoms with Crippen LogP contribution in [-0.2, 0) is 13.0 Å². The smallest absolute Gasteiger partial charge is 0.0972 e. The fraction of sp³-hybridized carbons (Fsp3) is 0.438. The molecule has 2 heterocycles. The lowest BCUT2D eigenvalue weighted by atomic mass is 10.1. The molecule has 1 saturated heterocycles. The molecule has 1 atom stereocenters. The predicted octanol–water partition coefficient (Wildman–Crippen LogP) is 2.69. The summed E-state index contributed by atoms with van der Waals surface area (Å²) in [7, 11) is 0. The number of hydrogen-bond donors (Lipinski definition) is 1. The Morgan fingerprint density at radius 1 is 1.30 bits per heavy atom. The van der Waals surface area contributed by atoms with Crippen LogP contribution in [0.5, 0.6) is 0 Å². The highest BCUT2D eigenvalue weighted by Gasteiger charge is 2.18. The number of rotatable bonds is 4. The number of piperidine rings is 1. The van der Waals surface area contributed by atoms with Gasteiger partial charge in [-0.3, -0.25) is 4.90 Å². The van der Waals surface area contributed by atoms with Crippen LogP contribution < -0.4 is 0 Å². The molecule has 0 saturated carbocycles. The first-order chi connectivity index (χ1) is 9.79. The molecule has 0 bridgehead atoms. The summed E-state index contributed by atoms with van der Waals surface area (Å²) in [5.74, 6) is 0. The summed E-state index contributed by atoms with van der Waals surface area (Å²) >= 11 is 1.73. The normalized spacial score (nSPS) is 20.1. The first kappa shape index (κ1) is 13.7. The van der Waals surface area contributed by atoms with E-state index in [0.717, 1.165) is 44.6 Å². The number of thiazole rings is 1. The topological polar surface area (TPSA) is 36.4 Å². The molecule has 3 nitrogen and oxygen atoms in total. The molecule has 0 aliphatic carbocycles. The number of benzene rings is 1. The Labute approximate surface area is 123 Å². The van der Waals surface area contributed by atoms with E-state index in [9.17, 15) is 5.11 Å². The van der Waals surface area contributed by atoms with Crippen LogP contribution in [0.2, 0.25) is 0 Å². The number of nitrogens with zero attached hydrogens (tertiary/aromatic N) is 2. The third-order valence-corrected chi connectivity index (χ3v) is 4.56. The largest absolute Gasteiger partial charge is 0.392 e. The zero-order valence-corrected chi connectivity index (χ0v) is 12.4. The molecule has 1 aliphatic rings. The summed E-state index contributed by atoms with van der Waals surface area (Å²) < 4.78 is 0. The van der Waals surface area contributed by atoms with Crippen molar-refractivity contribution < 1.29 is 5.11 Å². The highest BCUT2D eigenvalue weighted by molar-refractivity contribution is 7.09. The lowest BCUT2D eigenvalue weighted by molar-refractivity contribution is 0.0663. The molecule has 20 heavy (non-hydrogen) atoms. The van der Waals surface area contributed by atoms with Gasteiger partial charge in [0.25, 0.3) is 0 Å². The minimum absolute atomic E-state index is 0.161. The molecule has 1 N–H and O–H groups in total. The van der Waals surface area contributed by atoms with Crippen molar-refractivity contribution in [1.29, 1.82) is 0 Å². The Kier molecular flexibility index (Phi) is 4.45. The Morgan fingerprint density at radius 2 is 2.15 bits per heavy atom. The van der Waals surface area contributed by atoms with E-state index in [1.54, 1.807) is 11.3 Å². The van der Waals surface area contributed by atoms with Gasteiger partial charge in [-0.25, -0.2) is 4.98 Å². The first-order valence-corrected chi connectivity index (χ1v) is 8.05. The van der Waals surface area contributed by atoms with Crippen LogP contribution >= 0.6 is 11.3 Å². The molecule has 0 spiro atoms. The highest BCUT2D eigenvalue weighted by Crippen LogP contribution is 2.18. The van der Waals surface area contributed by atoms with Crippen molar-refractivity contribution in [2.45, 2.75) is 31.9 Å². The van der Waals surface area contributed by atoms with E-state index in [4.69, 9.17) is 4.98 Å². The van der Waals surface area contributed by atoms with Gasteiger partial charge >= 0.3 is 0 Å². The minimum Gasteiger partial charge on any atom is -0.392 e. The van der Waals surface area contributed by atoms with Crippen LogP contribution in [0.15, 0.2) is 35.7 Å². The molecule has 2 aromatic rings. The van der Waals surface area contributed by atoms with Gasteiger partial charge in [-0.2, -0.15) is 0 Å². The molecule has 3 rings (SSSR count). The van der Waals surface area contributed by atoms with E-state index in [0.29, 0.717) is 0 Å². The molecule has 1 fully saturated rings. The van der Waals surface area contributed by atoms with Crippen molar-refractivity contribution in [3.63, 3.8) is 0 Å². The third kappa shape index (κ3) is 3.66. The summed E-state index contributed by atoms with van der Waals surface area (Å²) in [5.41, 5.74) is 2.44. The zero-order valence-electron chi connectivity index (χ0n) is 11.5. The quantitative estimate of drug-likeness (QED) is 0.939.